The molecule has 1 aromatic heterocycles. The van der Waals surface area contributed by atoms with Crippen LogP contribution in [0.3, 0.4) is 0 Å². The van der Waals surface area contributed by atoms with Gasteiger partial charge in [-0.25, -0.2) is 13.4 Å². The van der Waals surface area contributed by atoms with Gasteiger partial charge in [-0.3, -0.25) is 5.43 Å². The Morgan fingerprint density at radius 2 is 1.69 bits per heavy atom. The van der Waals surface area contributed by atoms with Crippen LogP contribution in [-0.4, -0.2) is 58.3 Å². The Morgan fingerprint density at radius 3 is 2.14 bits per heavy atom. The van der Waals surface area contributed by atoms with E-state index >= 15 is 0 Å². The second kappa shape index (κ2) is 10.1. The van der Waals surface area contributed by atoms with E-state index in [1.807, 2.05) is 0 Å². The minimum atomic E-state index is -3.55. The highest BCUT2D eigenvalue weighted by Gasteiger charge is 2.21. The van der Waals surface area contributed by atoms with Gasteiger partial charge in [0.25, 0.3) is 0 Å². The molecule has 0 bridgehead atoms. The van der Waals surface area contributed by atoms with Crippen molar-refractivity contribution in [2.75, 3.05) is 39.8 Å². The fourth-order valence-electron chi connectivity index (χ4n) is 2.63. The zero-order chi connectivity index (χ0) is 21.4. The molecular formula is C19H26N4O5S. The summed E-state index contributed by atoms with van der Waals surface area (Å²) >= 11 is 0. The number of sulfonamides is 1. The van der Waals surface area contributed by atoms with Crippen LogP contribution in [0.5, 0.6) is 17.2 Å². The molecule has 2 rings (SSSR count). The Kier molecular flexibility index (Phi) is 7.80. The Labute approximate surface area is 171 Å². The number of nitrogens with zero attached hydrogens (tertiary/aromatic N) is 3. The molecule has 1 heterocycles. The number of aromatic nitrogens is 1. The summed E-state index contributed by atoms with van der Waals surface area (Å²) in [5, 5.41) is 4.15. The fraction of sp³-hybridized carbons (Fsp3) is 0.368. The first-order valence-corrected chi connectivity index (χ1v) is 10.4. The molecule has 0 spiro atoms. The highest BCUT2D eigenvalue weighted by Crippen LogP contribution is 2.32. The molecule has 0 fully saturated rings. The summed E-state index contributed by atoms with van der Waals surface area (Å²) in [6.45, 7) is 4.38. The third-order valence-corrected chi connectivity index (χ3v) is 6.24. The molecule has 0 saturated carbocycles. The quantitative estimate of drug-likeness (QED) is 0.464. The summed E-state index contributed by atoms with van der Waals surface area (Å²) in [6.07, 6.45) is 2.83. The predicted molar refractivity (Wildman–Crippen MR) is 112 cm³/mol. The minimum Gasteiger partial charge on any atom is -0.496 e. The summed E-state index contributed by atoms with van der Waals surface area (Å²) < 4.78 is 42.3. The van der Waals surface area contributed by atoms with Gasteiger partial charge in [-0.1, -0.05) is 13.8 Å². The van der Waals surface area contributed by atoms with E-state index in [0.717, 1.165) is 0 Å². The molecule has 0 unspecified atom stereocenters. The average molecular weight is 423 g/mol. The van der Waals surface area contributed by atoms with Crippen molar-refractivity contribution in [2.45, 2.75) is 18.7 Å². The zero-order valence-corrected chi connectivity index (χ0v) is 18.0. The number of pyridine rings is 1. The van der Waals surface area contributed by atoms with E-state index in [1.165, 1.54) is 37.0 Å². The van der Waals surface area contributed by atoms with Crippen molar-refractivity contribution < 1.29 is 22.6 Å². The van der Waals surface area contributed by atoms with Gasteiger partial charge in [0.05, 0.1) is 33.1 Å². The van der Waals surface area contributed by atoms with Crippen LogP contribution in [0, 0.1) is 0 Å². The number of nitrogens with one attached hydrogen (secondary N) is 1. The first-order chi connectivity index (χ1) is 13.9. The molecule has 0 aliphatic carbocycles. The normalized spacial score (nSPS) is 11.7. The Morgan fingerprint density at radius 1 is 1.07 bits per heavy atom. The van der Waals surface area contributed by atoms with Crippen molar-refractivity contribution in [2.24, 2.45) is 5.10 Å². The number of rotatable bonds is 10. The molecule has 0 amide bonds. The topological polar surface area (TPSA) is 102 Å². The molecule has 0 saturated heterocycles. The van der Waals surface area contributed by atoms with E-state index < -0.39 is 10.0 Å². The van der Waals surface area contributed by atoms with Crippen LogP contribution >= 0.6 is 0 Å². The number of hydrogen-bond donors (Lipinski definition) is 1. The van der Waals surface area contributed by atoms with Crippen molar-refractivity contribution in [3.63, 3.8) is 0 Å². The van der Waals surface area contributed by atoms with Gasteiger partial charge in [-0.05, 0) is 12.1 Å². The van der Waals surface area contributed by atoms with Gasteiger partial charge < -0.3 is 14.2 Å². The average Bonchev–Trinajstić information content (AvgIpc) is 2.74. The molecule has 0 radical (unpaired) electrons. The summed E-state index contributed by atoms with van der Waals surface area (Å²) in [4.78, 5) is 4.26. The molecule has 1 aromatic carbocycles. The standard InChI is InChI=1S/C19H26N4O5S/c1-6-23(7-2)29(24,25)15-8-9-19(20-12-15)22-21-13-16-17(27-4)10-14(26-3)11-18(16)28-5/h8-13H,6-7H2,1-5H3,(H,20,22)/b21-13+. The van der Waals surface area contributed by atoms with Crippen molar-refractivity contribution in [3.8, 4) is 17.2 Å². The maximum atomic E-state index is 12.5. The van der Waals surface area contributed by atoms with Gasteiger partial charge in [-0.2, -0.15) is 9.41 Å². The van der Waals surface area contributed by atoms with E-state index in [-0.39, 0.29) is 4.90 Å². The smallest absolute Gasteiger partial charge is 0.244 e. The van der Waals surface area contributed by atoms with Crippen LogP contribution < -0.4 is 19.6 Å². The molecular weight excluding hydrogens is 396 g/mol. The molecule has 29 heavy (non-hydrogen) atoms. The number of anilines is 1. The first-order valence-electron chi connectivity index (χ1n) is 8.96. The molecule has 0 atom stereocenters. The third kappa shape index (κ3) is 5.15. The summed E-state index contributed by atoms with van der Waals surface area (Å²) in [7, 11) is 1.08. The highest BCUT2D eigenvalue weighted by molar-refractivity contribution is 7.89. The monoisotopic (exact) mass is 422 g/mol. The van der Waals surface area contributed by atoms with Crippen LogP contribution in [0.15, 0.2) is 40.5 Å². The van der Waals surface area contributed by atoms with Crippen LogP contribution in [0.4, 0.5) is 5.82 Å². The maximum Gasteiger partial charge on any atom is 0.244 e. The van der Waals surface area contributed by atoms with Gasteiger partial charge in [-0.15, -0.1) is 0 Å². The molecule has 10 heteroatoms. The van der Waals surface area contributed by atoms with Crippen LogP contribution in [0.2, 0.25) is 0 Å². The second-order valence-corrected chi connectivity index (χ2v) is 7.72. The fourth-order valence-corrected chi connectivity index (χ4v) is 4.04. The van der Waals surface area contributed by atoms with E-state index in [2.05, 4.69) is 15.5 Å². The lowest BCUT2D eigenvalue weighted by Gasteiger charge is -2.18. The Hall–Kier alpha value is -2.85. The van der Waals surface area contributed by atoms with E-state index in [9.17, 15) is 8.42 Å². The van der Waals surface area contributed by atoms with E-state index in [1.54, 1.807) is 39.2 Å². The lowest BCUT2D eigenvalue weighted by atomic mass is 10.2. The number of ether oxygens (including phenoxy) is 3. The van der Waals surface area contributed by atoms with Crippen molar-refractivity contribution >= 4 is 22.1 Å². The first kappa shape index (κ1) is 22.4. The second-order valence-electron chi connectivity index (χ2n) is 5.78. The van der Waals surface area contributed by atoms with Crippen LogP contribution in [0.25, 0.3) is 0 Å². The molecule has 0 aliphatic heterocycles. The van der Waals surface area contributed by atoms with Crippen molar-refractivity contribution in [1.29, 1.82) is 0 Å². The summed E-state index contributed by atoms with van der Waals surface area (Å²) in [6, 6.07) is 6.48. The van der Waals surface area contributed by atoms with Gasteiger partial charge in [0.15, 0.2) is 0 Å². The van der Waals surface area contributed by atoms with E-state index in [4.69, 9.17) is 14.2 Å². The zero-order valence-electron chi connectivity index (χ0n) is 17.2. The number of methoxy groups -OCH3 is 3. The predicted octanol–water partition coefficient (Wildman–Crippen LogP) is 2.58. The van der Waals surface area contributed by atoms with Gasteiger partial charge in [0.1, 0.15) is 28.0 Å². The lowest BCUT2D eigenvalue weighted by molar-refractivity contribution is 0.374. The molecule has 0 aliphatic rings. The number of hydrogen-bond acceptors (Lipinski definition) is 8. The summed E-state index contributed by atoms with van der Waals surface area (Å²) in [5.41, 5.74) is 3.38. The van der Waals surface area contributed by atoms with Gasteiger partial charge in [0, 0.05) is 31.4 Å². The van der Waals surface area contributed by atoms with Gasteiger partial charge >= 0.3 is 0 Å². The Balaban J connectivity index is 2.20. The molecule has 9 nitrogen and oxygen atoms in total. The van der Waals surface area contributed by atoms with Crippen LogP contribution in [-0.2, 0) is 10.0 Å². The van der Waals surface area contributed by atoms with Gasteiger partial charge in [0.2, 0.25) is 10.0 Å². The maximum absolute atomic E-state index is 12.5. The third-order valence-electron chi connectivity index (χ3n) is 4.21. The Bertz CT molecular complexity index is 917. The highest BCUT2D eigenvalue weighted by atomic mass is 32.2. The molecule has 1 N–H and O–H groups in total. The number of hydrazone groups is 1. The largest absolute Gasteiger partial charge is 0.496 e. The van der Waals surface area contributed by atoms with E-state index in [0.29, 0.717) is 41.7 Å². The molecule has 158 valence electrons. The minimum absolute atomic E-state index is 0.134. The number of benzene rings is 1. The van der Waals surface area contributed by atoms with Crippen molar-refractivity contribution in [1.82, 2.24) is 9.29 Å². The van der Waals surface area contributed by atoms with Crippen LogP contribution in [0.1, 0.15) is 19.4 Å². The van der Waals surface area contributed by atoms with Crippen molar-refractivity contribution in [3.05, 3.63) is 36.0 Å². The molecule has 2 aromatic rings. The lowest BCUT2D eigenvalue weighted by Crippen LogP contribution is -2.30. The SMILES string of the molecule is CCN(CC)S(=O)(=O)c1ccc(N/N=C/c2c(OC)cc(OC)cc2OC)nc1. The summed E-state index contributed by atoms with van der Waals surface area (Å²) in [5.74, 6) is 2.04.